The number of rotatable bonds is 27. The van der Waals surface area contributed by atoms with E-state index in [1.165, 1.54) is 0 Å². The first kappa shape index (κ1) is 39.3. The van der Waals surface area contributed by atoms with E-state index < -0.39 is 34.6 Å². The molecule has 0 amide bonds. The Balaban J connectivity index is 4.41. The quantitative estimate of drug-likeness (QED) is 0.0651. The summed E-state index contributed by atoms with van der Waals surface area (Å²) in [4.78, 5) is 0. The van der Waals surface area contributed by atoms with Crippen molar-refractivity contribution in [2.45, 2.75) is 110 Å². The molecule has 0 aromatic rings. The highest BCUT2D eigenvalue weighted by Crippen LogP contribution is 2.33. The largest absolute Gasteiger partial charge is 0.396 e. The van der Waals surface area contributed by atoms with Gasteiger partial charge in [0.05, 0.1) is 69.7 Å². The lowest BCUT2D eigenvalue weighted by atomic mass is 9.82. The third kappa shape index (κ3) is 18.0. The second-order valence-electron chi connectivity index (χ2n) is 12.2. The van der Waals surface area contributed by atoms with Gasteiger partial charge in [-0.1, -0.05) is 26.8 Å². The van der Waals surface area contributed by atoms with Crippen LogP contribution in [0.2, 0.25) is 0 Å². The zero-order chi connectivity index (χ0) is 30.7. The standard InChI is InChI=1S/C30H61NO9/c1-9-16-35-17-12-26(34)23-37-20-21-38-28(5,6)13-19-39-30(8,31)27(3,4)24-40-29(7,10-2)14-18-36-22-25(33)11-15-32/h9,25-26,32-34H,1,10-24,31H2,2-8H3. The average molecular weight is 580 g/mol. The third-order valence-corrected chi connectivity index (χ3v) is 7.39. The van der Waals surface area contributed by atoms with Gasteiger partial charge in [0.1, 0.15) is 5.72 Å². The normalized spacial score (nSPS) is 17.3. The number of nitrogens with two attached hydrogens (primary N) is 1. The maximum absolute atomic E-state index is 9.92. The molecule has 0 saturated heterocycles. The molecule has 0 radical (unpaired) electrons. The second-order valence-corrected chi connectivity index (χ2v) is 12.2. The Bertz CT molecular complexity index is 645. The average Bonchev–Trinajstić information content (AvgIpc) is 2.87. The predicted octanol–water partition coefficient (Wildman–Crippen LogP) is 3.19. The Morgan fingerprint density at radius 3 is 2.00 bits per heavy atom. The van der Waals surface area contributed by atoms with Gasteiger partial charge in [0, 0.05) is 25.2 Å². The SMILES string of the molecule is C=CCOCCC(O)COCCOC(C)(C)CCOC(C)(N)C(C)(C)COC(C)(CC)CCOCC(O)CCO. The van der Waals surface area contributed by atoms with Crippen molar-refractivity contribution in [3.05, 3.63) is 12.7 Å². The van der Waals surface area contributed by atoms with Crippen LogP contribution < -0.4 is 5.73 Å². The lowest BCUT2D eigenvalue weighted by Crippen LogP contribution is -2.55. The van der Waals surface area contributed by atoms with E-state index in [0.717, 1.165) is 6.42 Å². The molecule has 0 aromatic heterocycles. The Hall–Kier alpha value is -0.660. The van der Waals surface area contributed by atoms with Gasteiger partial charge in [-0.05, 0) is 59.8 Å². The molecule has 0 aromatic carbocycles. The van der Waals surface area contributed by atoms with Gasteiger partial charge >= 0.3 is 0 Å². The third-order valence-electron chi connectivity index (χ3n) is 7.39. The summed E-state index contributed by atoms with van der Waals surface area (Å²) < 4.78 is 34.8. The minimum absolute atomic E-state index is 0.0608. The zero-order valence-corrected chi connectivity index (χ0v) is 26.4. The van der Waals surface area contributed by atoms with Crippen LogP contribution in [0, 0.1) is 5.41 Å². The molecule has 10 heteroatoms. The van der Waals surface area contributed by atoms with Crippen molar-refractivity contribution in [1.29, 1.82) is 0 Å². The van der Waals surface area contributed by atoms with Crippen LogP contribution in [0.15, 0.2) is 12.7 Å². The molecule has 240 valence electrons. The van der Waals surface area contributed by atoms with Crippen molar-refractivity contribution in [2.75, 3.05) is 66.1 Å². The van der Waals surface area contributed by atoms with Crippen LogP contribution in [-0.2, 0) is 28.4 Å². The highest BCUT2D eigenvalue weighted by molar-refractivity contribution is 4.88. The van der Waals surface area contributed by atoms with Crippen LogP contribution in [0.1, 0.15) is 80.6 Å². The fourth-order valence-electron chi connectivity index (χ4n) is 3.43. The summed E-state index contributed by atoms with van der Waals surface area (Å²) in [5, 5.41) is 28.5. The molecule has 0 bridgehead atoms. The molecule has 0 aliphatic heterocycles. The first-order valence-electron chi connectivity index (χ1n) is 14.7. The van der Waals surface area contributed by atoms with Crippen molar-refractivity contribution in [3.63, 3.8) is 0 Å². The van der Waals surface area contributed by atoms with Crippen molar-refractivity contribution in [1.82, 2.24) is 0 Å². The number of ether oxygens (including phenoxy) is 6. The monoisotopic (exact) mass is 579 g/mol. The van der Waals surface area contributed by atoms with Crippen molar-refractivity contribution in [3.8, 4) is 0 Å². The van der Waals surface area contributed by atoms with E-state index in [1.807, 2.05) is 41.5 Å². The lowest BCUT2D eigenvalue weighted by Gasteiger charge is -2.43. The number of aliphatic hydroxyl groups is 3. The molecule has 10 nitrogen and oxygen atoms in total. The number of hydrogen-bond acceptors (Lipinski definition) is 10. The Morgan fingerprint density at radius 2 is 1.40 bits per heavy atom. The van der Waals surface area contributed by atoms with E-state index >= 15 is 0 Å². The molecular weight excluding hydrogens is 518 g/mol. The van der Waals surface area contributed by atoms with Crippen LogP contribution in [0.25, 0.3) is 0 Å². The molecule has 40 heavy (non-hydrogen) atoms. The first-order chi connectivity index (χ1) is 18.6. The van der Waals surface area contributed by atoms with Gasteiger partial charge in [0.2, 0.25) is 0 Å². The molecule has 4 unspecified atom stereocenters. The van der Waals surface area contributed by atoms with Gasteiger partial charge in [0.25, 0.3) is 0 Å². The van der Waals surface area contributed by atoms with E-state index in [1.54, 1.807) is 6.08 Å². The van der Waals surface area contributed by atoms with Crippen molar-refractivity contribution in [2.24, 2.45) is 11.1 Å². The molecule has 4 atom stereocenters. The van der Waals surface area contributed by atoms with E-state index in [-0.39, 0.29) is 19.8 Å². The molecule has 0 spiro atoms. The van der Waals surface area contributed by atoms with Gasteiger partial charge in [-0.3, -0.25) is 0 Å². The smallest absolute Gasteiger partial charge is 0.121 e. The molecule has 0 fully saturated rings. The highest BCUT2D eigenvalue weighted by atomic mass is 16.5. The zero-order valence-electron chi connectivity index (χ0n) is 26.4. The van der Waals surface area contributed by atoms with Gasteiger partial charge < -0.3 is 49.5 Å². The fourth-order valence-corrected chi connectivity index (χ4v) is 3.43. The molecule has 0 aliphatic rings. The molecule has 0 rings (SSSR count). The van der Waals surface area contributed by atoms with Gasteiger partial charge in [0.15, 0.2) is 0 Å². The van der Waals surface area contributed by atoms with E-state index in [0.29, 0.717) is 71.9 Å². The predicted molar refractivity (Wildman–Crippen MR) is 157 cm³/mol. The summed E-state index contributed by atoms with van der Waals surface area (Å²) in [5.41, 5.74) is 4.39. The maximum atomic E-state index is 9.92. The van der Waals surface area contributed by atoms with Crippen LogP contribution in [0.5, 0.6) is 0 Å². The summed E-state index contributed by atoms with van der Waals surface area (Å²) in [6, 6.07) is 0. The number of hydrogen-bond donors (Lipinski definition) is 4. The van der Waals surface area contributed by atoms with Crippen LogP contribution in [0.4, 0.5) is 0 Å². The summed E-state index contributed by atoms with van der Waals surface area (Å²) in [6.45, 7) is 21.0. The first-order valence-corrected chi connectivity index (χ1v) is 14.7. The van der Waals surface area contributed by atoms with E-state index in [4.69, 9.17) is 39.3 Å². The molecule has 0 aliphatic carbocycles. The maximum Gasteiger partial charge on any atom is 0.121 e. The van der Waals surface area contributed by atoms with Gasteiger partial charge in [-0.2, -0.15) is 0 Å². The Morgan fingerprint density at radius 1 is 0.775 bits per heavy atom. The molecule has 0 saturated carbocycles. The van der Waals surface area contributed by atoms with Crippen molar-refractivity contribution >= 4 is 0 Å². The van der Waals surface area contributed by atoms with Crippen LogP contribution >= 0.6 is 0 Å². The fraction of sp³-hybridized carbons (Fsp3) is 0.933. The summed E-state index contributed by atoms with van der Waals surface area (Å²) >= 11 is 0. The summed E-state index contributed by atoms with van der Waals surface area (Å²) in [5.74, 6) is 0. The van der Waals surface area contributed by atoms with Gasteiger partial charge in [-0.25, -0.2) is 0 Å². The van der Waals surface area contributed by atoms with Gasteiger partial charge in [-0.15, -0.1) is 6.58 Å². The topological polar surface area (TPSA) is 142 Å². The second kappa shape index (κ2) is 20.3. The highest BCUT2D eigenvalue weighted by Gasteiger charge is 2.41. The minimum atomic E-state index is -0.933. The molecule has 0 heterocycles. The Labute approximate surface area is 243 Å². The van der Waals surface area contributed by atoms with Crippen molar-refractivity contribution < 1.29 is 43.7 Å². The molecule has 5 N–H and O–H groups in total. The minimum Gasteiger partial charge on any atom is -0.396 e. The van der Waals surface area contributed by atoms with E-state index in [2.05, 4.69) is 13.5 Å². The lowest BCUT2D eigenvalue weighted by molar-refractivity contribution is -0.169. The van der Waals surface area contributed by atoms with E-state index in [9.17, 15) is 10.2 Å². The number of aliphatic hydroxyl groups excluding tert-OH is 3. The van der Waals surface area contributed by atoms with Crippen LogP contribution in [0.3, 0.4) is 0 Å². The summed E-state index contributed by atoms with van der Waals surface area (Å²) in [6.07, 6.45) is 3.39. The van der Waals surface area contributed by atoms with Crippen LogP contribution in [-0.4, -0.2) is 111 Å². The summed E-state index contributed by atoms with van der Waals surface area (Å²) in [7, 11) is 0. The molecular formula is C30H61NO9. The Kier molecular flexibility index (Phi) is 19.9.